The normalized spacial score (nSPS) is 9.00. The fourth-order valence-electron chi connectivity index (χ4n) is 0.374. The Morgan fingerprint density at radius 1 is 1.36 bits per heavy atom. The van der Waals surface area contributed by atoms with Gasteiger partial charge in [-0.05, 0) is 34.5 Å². The van der Waals surface area contributed by atoms with Crippen LogP contribution in [0.3, 0.4) is 0 Å². The van der Waals surface area contributed by atoms with Crippen LogP contribution in [0.1, 0.15) is 20.3 Å². The van der Waals surface area contributed by atoms with Crippen molar-refractivity contribution in [3.63, 3.8) is 0 Å². The van der Waals surface area contributed by atoms with Crippen LogP contribution in [0.5, 0.6) is 0 Å². The van der Waals surface area contributed by atoms with E-state index in [1.807, 2.05) is 33.0 Å². The van der Waals surface area contributed by atoms with Crippen LogP contribution in [0.15, 0.2) is 12.2 Å². The van der Waals surface area contributed by atoms with E-state index in [9.17, 15) is 4.79 Å². The van der Waals surface area contributed by atoms with Gasteiger partial charge in [-0.1, -0.05) is 13.5 Å². The molecule has 0 bridgehead atoms. The van der Waals surface area contributed by atoms with Gasteiger partial charge in [0.25, 0.3) is 5.91 Å². The van der Waals surface area contributed by atoms with Crippen molar-refractivity contribution in [1.29, 1.82) is 0 Å². The van der Waals surface area contributed by atoms with E-state index in [0.717, 1.165) is 13.0 Å². The molecule has 0 rings (SSSR count). The molecule has 1 amide bonds. The Bertz CT molecular complexity index is 164. The SMILES string of the molecule is C=C(C)C(=O)NNCCC.CN(C)C. The molecule has 0 aromatic carbocycles. The number of hydrogen-bond acceptors (Lipinski definition) is 3. The maximum Gasteiger partial charge on any atom is 0.260 e. The molecule has 84 valence electrons. The molecule has 2 N–H and O–H groups in total. The van der Waals surface area contributed by atoms with Crippen LogP contribution < -0.4 is 10.9 Å². The Balaban J connectivity index is 0. The number of nitrogens with one attached hydrogen (secondary N) is 2. The zero-order valence-electron chi connectivity index (χ0n) is 9.98. The van der Waals surface area contributed by atoms with Gasteiger partial charge in [0, 0.05) is 12.1 Å². The van der Waals surface area contributed by atoms with E-state index in [-0.39, 0.29) is 5.91 Å². The maximum atomic E-state index is 10.7. The summed E-state index contributed by atoms with van der Waals surface area (Å²) >= 11 is 0. The summed E-state index contributed by atoms with van der Waals surface area (Å²) in [5.41, 5.74) is 5.77. The van der Waals surface area contributed by atoms with Crippen LogP contribution >= 0.6 is 0 Å². The smallest absolute Gasteiger partial charge is 0.260 e. The van der Waals surface area contributed by atoms with Crippen molar-refractivity contribution in [2.75, 3.05) is 27.7 Å². The van der Waals surface area contributed by atoms with Crippen molar-refractivity contribution in [1.82, 2.24) is 15.8 Å². The average Bonchev–Trinajstić information content (AvgIpc) is 2.03. The molecule has 4 heteroatoms. The Morgan fingerprint density at radius 2 is 1.79 bits per heavy atom. The third kappa shape index (κ3) is 17.3. The number of nitrogens with zero attached hydrogens (tertiary/aromatic N) is 1. The highest BCUT2D eigenvalue weighted by Crippen LogP contribution is 1.82. The van der Waals surface area contributed by atoms with Crippen LogP contribution in [0.4, 0.5) is 0 Å². The Hall–Kier alpha value is -0.870. The second-order valence-electron chi connectivity index (χ2n) is 3.50. The summed E-state index contributed by atoms with van der Waals surface area (Å²) in [6.45, 7) is 7.97. The maximum absolute atomic E-state index is 10.7. The lowest BCUT2D eigenvalue weighted by molar-refractivity contribution is -0.118. The monoisotopic (exact) mass is 201 g/mol. The Kier molecular flexibility index (Phi) is 11.4. The van der Waals surface area contributed by atoms with E-state index in [4.69, 9.17) is 0 Å². The molecule has 0 aromatic rings. The molecule has 0 saturated heterocycles. The van der Waals surface area contributed by atoms with E-state index < -0.39 is 0 Å². The van der Waals surface area contributed by atoms with Gasteiger partial charge in [0.1, 0.15) is 0 Å². The third-order valence-electron chi connectivity index (χ3n) is 0.965. The minimum absolute atomic E-state index is 0.145. The molecular weight excluding hydrogens is 178 g/mol. The molecule has 0 saturated carbocycles. The number of carbonyl (C=O) groups is 1. The van der Waals surface area contributed by atoms with Gasteiger partial charge >= 0.3 is 0 Å². The van der Waals surface area contributed by atoms with Crippen LogP contribution in [0.25, 0.3) is 0 Å². The summed E-state index contributed by atoms with van der Waals surface area (Å²) < 4.78 is 0. The van der Waals surface area contributed by atoms with Crippen molar-refractivity contribution in [2.45, 2.75) is 20.3 Å². The van der Waals surface area contributed by atoms with Crippen LogP contribution in [0.2, 0.25) is 0 Å². The molecule has 14 heavy (non-hydrogen) atoms. The molecule has 0 spiro atoms. The van der Waals surface area contributed by atoms with Gasteiger partial charge in [-0.15, -0.1) is 0 Å². The topological polar surface area (TPSA) is 44.4 Å². The van der Waals surface area contributed by atoms with E-state index in [1.54, 1.807) is 6.92 Å². The molecule has 0 aromatic heterocycles. The first-order chi connectivity index (χ1) is 6.41. The molecule has 0 aliphatic carbocycles. The molecule has 0 fully saturated rings. The second kappa shape index (κ2) is 10.2. The summed E-state index contributed by atoms with van der Waals surface area (Å²) in [5, 5.41) is 0. The van der Waals surface area contributed by atoms with Gasteiger partial charge in [0.05, 0.1) is 0 Å². The van der Waals surface area contributed by atoms with E-state index in [0.29, 0.717) is 5.57 Å². The van der Waals surface area contributed by atoms with Gasteiger partial charge in [0.2, 0.25) is 0 Å². The van der Waals surface area contributed by atoms with Crippen molar-refractivity contribution < 1.29 is 4.79 Å². The number of hydrazine groups is 1. The highest BCUT2D eigenvalue weighted by molar-refractivity contribution is 5.91. The van der Waals surface area contributed by atoms with Crippen molar-refractivity contribution in [2.24, 2.45) is 0 Å². The first kappa shape index (κ1) is 15.6. The van der Waals surface area contributed by atoms with E-state index in [1.165, 1.54) is 0 Å². The number of carbonyl (C=O) groups excluding carboxylic acids is 1. The first-order valence-electron chi connectivity index (χ1n) is 4.71. The lowest BCUT2D eigenvalue weighted by atomic mass is 10.3. The van der Waals surface area contributed by atoms with Gasteiger partial charge < -0.3 is 4.90 Å². The van der Waals surface area contributed by atoms with Gasteiger partial charge in [0.15, 0.2) is 0 Å². The lowest BCUT2D eigenvalue weighted by Crippen LogP contribution is -2.37. The van der Waals surface area contributed by atoms with Crippen LogP contribution in [-0.2, 0) is 4.79 Å². The number of amides is 1. The number of rotatable bonds is 4. The minimum atomic E-state index is -0.145. The molecule has 0 aliphatic heterocycles. The van der Waals surface area contributed by atoms with E-state index in [2.05, 4.69) is 17.4 Å². The predicted molar refractivity (Wildman–Crippen MR) is 60.9 cm³/mol. The first-order valence-corrected chi connectivity index (χ1v) is 4.71. The Morgan fingerprint density at radius 3 is 2.07 bits per heavy atom. The summed E-state index contributed by atoms with van der Waals surface area (Å²) in [5.74, 6) is -0.145. The molecule has 0 atom stereocenters. The highest BCUT2D eigenvalue weighted by Gasteiger charge is 1.97. The molecule has 0 heterocycles. The zero-order chi connectivity index (χ0) is 11.6. The van der Waals surface area contributed by atoms with Gasteiger partial charge in [-0.25, -0.2) is 5.43 Å². The second-order valence-corrected chi connectivity index (χ2v) is 3.50. The fourth-order valence-corrected chi connectivity index (χ4v) is 0.374. The standard InChI is InChI=1S/C7H14N2O.C3H9N/c1-4-5-8-9-7(10)6(2)3;1-4(2)3/h8H,2,4-5H2,1,3H3,(H,9,10);1-3H3. The Labute approximate surface area is 87.3 Å². The van der Waals surface area contributed by atoms with Gasteiger partial charge in [-0.3, -0.25) is 10.2 Å². The molecule has 0 aliphatic rings. The largest absolute Gasteiger partial charge is 0.312 e. The molecular formula is C10H23N3O. The summed E-state index contributed by atoms with van der Waals surface area (Å²) in [7, 11) is 6.00. The molecule has 4 nitrogen and oxygen atoms in total. The fraction of sp³-hybridized carbons (Fsp3) is 0.700. The summed E-state index contributed by atoms with van der Waals surface area (Å²) in [6, 6.07) is 0. The van der Waals surface area contributed by atoms with Crippen molar-refractivity contribution in [3.05, 3.63) is 12.2 Å². The summed E-state index contributed by atoms with van der Waals surface area (Å²) in [6.07, 6.45) is 0.996. The third-order valence-corrected chi connectivity index (χ3v) is 0.965. The van der Waals surface area contributed by atoms with E-state index >= 15 is 0 Å². The zero-order valence-corrected chi connectivity index (χ0v) is 9.98. The quantitative estimate of drug-likeness (QED) is 0.401. The molecule has 0 radical (unpaired) electrons. The lowest BCUT2D eigenvalue weighted by Gasteiger charge is -2.03. The average molecular weight is 201 g/mol. The van der Waals surface area contributed by atoms with Crippen LogP contribution in [-0.4, -0.2) is 38.5 Å². The van der Waals surface area contributed by atoms with Crippen molar-refractivity contribution >= 4 is 5.91 Å². The molecule has 0 unspecified atom stereocenters. The van der Waals surface area contributed by atoms with Crippen LogP contribution in [0, 0.1) is 0 Å². The highest BCUT2D eigenvalue weighted by atomic mass is 16.2. The van der Waals surface area contributed by atoms with Crippen molar-refractivity contribution in [3.8, 4) is 0 Å². The predicted octanol–water partition coefficient (Wildman–Crippen LogP) is 0.771. The number of hydrogen-bond donors (Lipinski definition) is 2. The minimum Gasteiger partial charge on any atom is -0.312 e. The summed E-state index contributed by atoms with van der Waals surface area (Å²) in [4.78, 5) is 12.7. The van der Waals surface area contributed by atoms with Gasteiger partial charge in [-0.2, -0.15) is 0 Å².